The van der Waals surface area contributed by atoms with Gasteiger partial charge < -0.3 is 10.2 Å². The van der Waals surface area contributed by atoms with Gasteiger partial charge in [0.15, 0.2) is 0 Å². The average Bonchev–Trinajstić information content (AvgIpc) is 2.02. The fourth-order valence-electron chi connectivity index (χ4n) is 0.978. The Kier molecular flexibility index (Phi) is 2.25. The van der Waals surface area contributed by atoms with E-state index < -0.39 is 23.6 Å². The monoisotopic (exact) mass is 206 g/mol. The van der Waals surface area contributed by atoms with Gasteiger partial charge in [0, 0.05) is 12.3 Å². The molecule has 14 heavy (non-hydrogen) atoms. The fourth-order valence-corrected chi connectivity index (χ4v) is 0.978. The van der Waals surface area contributed by atoms with Crippen LogP contribution in [0.2, 0.25) is 0 Å². The third kappa shape index (κ3) is 1.44. The van der Waals surface area contributed by atoms with Crippen LogP contribution in [0.1, 0.15) is 0 Å². The summed E-state index contributed by atoms with van der Waals surface area (Å²) < 4.78 is 37.0. The molecule has 4 nitrogen and oxygen atoms in total. The van der Waals surface area contributed by atoms with Crippen molar-refractivity contribution >= 4 is 6.21 Å². The van der Waals surface area contributed by atoms with Gasteiger partial charge in [-0.2, -0.15) is 18.4 Å². The van der Waals surface area contributed by atoms with E-state index in [-0.39, 0.29) is 6.08 Å². The summed E-state index contributed by atoms with van der Waals surface area (Å²) in [6, 6.07) is 1.25. The summed E-state index contributed by atoms with van der Waals surface area (Å²) in [5, 5.41) is 26.2. The molecule has 0 bridgehead atoms. The molecule has 0 amide bonds. The molecular formula is C7H5F3N2O2. The van der Waals surface area contributed by atoms with Crippen molar-refractivity contribution < 1.29 is 23.4 Å². The molecule has 0 fully saturated rings. The molecule has 0 spiro atoms. The molecule has 0 saturated heterocycles. The van der Waals surface area contributed by atoms with Crippen molar-refractivity contribution in [3.63, 3.8) is 0 Å². The Hall–Kier alpha value is -1.55. The van der Waals surface area contributed by atoms with E-state index in [1.165, 1.54) is 6.07 Å². The van der Waals surface area contributed by atoms with Crippen molar-refractivity contribution in [1.82, 2.24) is 0 Å². The van der Waals surface area contributed by atoms with Crippen LogP contribution < -0.4 is 0 Å². The zero-order chi connectivity index (χ0) is 11.0. The molecule has 2 N–H and O–H groups in total. The van der Waals surface area contributed by atoms with Gasteiger partial charge >= 0.3 is 6.18 Å². The number of aliphatic hydroxyl groups is 2. The molecule has 0 aromatic rings. The summed E-state index contributed by atoms with van der Waals surface area (Å²) in [6.07, 6.45) is -4.36. The van der Waals surface area contributed by atoms with E-state index >= 15 is 0 Å². The third-order valence-corrected chi connectivity index (χ3v) is 1.77. The maximum atomic E-state index is 12.3. The molecule has 1 heterocycles. The zero-order valence-corrected chi connectivity index (χ0v) is 6.65. The van der Waals surface area contributed by atoms with Crippen molar-refractivity contribution in [1.29, 1.82) is 5.26 Å². The van der Waals surface area contributed by atoms with E-state index in [4.69, 9.17) is 15.5 Å². The van der Waals surface area contributed by atoms with E-state index in [0.29, 0.717) is 6.21 Å². The van der Waals surface area contributed by atoms with E-state index in [0.717, 1.165) is 0 Å². The first-order valence-corrected chi connectivity index (χ1v) is 3.46. The van der Waals surface area contributed by atoms with Crippen LogP contribution in [-0.2, 0) is 0 Å². The number of aliphatic hydroxyl groups excluding tert-OH is 1. The second kappa shape index (κ2) is 2.99. The molecule has 0 aliphatic carbocycles. The number of alkyl halides is 3. The van der Waals surface area contributed by atoms with Gasteiger partial charge in [0.2, 0.25) is 11.5 Å². The molecule has 7 heteroatoms. The molecule has 1 aliphatic rings. The quantitative estimate of drug-likeness (QED) is 0.618. The maximum absolute atomic E-state index is 12.3. The van der Waals surface area contributed by atoms with Gasteiger partial charge in [-0.25, -0.2) is 4.99 Å². The van der Waals surface area contributed by atoms with Gasteiger partial charge in [-0.3, -0.25) is 0 Å². The number of halogens is 3. The number of nitriles is 1. The number of hydrogen-bond donors (Lipinski definition) is 2. The summed E-state index contributed by atoms with van der Waals surface area (Å²) in [6.45, 7) is 0. The minimum atomic E-state index is -5.03. The van der Waals surface area contributed by atoms with Crippen LogP contribution in [0.5, 0.6) is 0 Å². The number of rotatable bonds is 0. The highest BCUT2D eigenvalue weighted by molar-refractivity contribution is 5.70. The molecule has 2 unspecified atom stereocenters. The van der Waals surface area contributed by atoms with Crippen LogP contribution in [0, 0.1) is 17.2 Å². The third-order valence-electron chi connectivity index (χ3n) is 1.77. The summed E-state index contributed by atoms with van der Waals surface area (Å²) in [5.74, 6) is -2.81. The van der Waals surface area contributed by atoms with Crippen LogP contribution in [0.3, 0.4) is 0 Å². The second-order valence-electron chi connectivity index (χ2n) is 2.71. The number of aliphatic imine (C=N–C) groups is 1. The van der Waals surface area contributed by atoms with Gasteiger partial charge in [-0.05, 0) is 0 Å². The topological polar surface area (TPSA) is 76.6 Å². The van der Waals surface area contributed by atoms with Gasteiger partial charge in [-0.1, -0.05) is 0 Å². The van der Waals surface area contributed by atoms with Crippen molar-refractivity contribution in [3.8, 4) is 6.07 Å². The Morgan fingerprint density at radius 3 is 2.57 bits per heavy atom. The van der Waals surface area contributed by atoms with Crippen molar-refractivity contribution in [2.45, 2.75) is 11.8 Å². The summed E-state index contributed by atoms with van der Waals surface area (Å²) in [4.78, 5) is 3.10. The highest BCUT2D eigenvalue weighted by Gasteiger charge is 2.58. The lowest BCUT2D eigenvalue weighted by Crippen LogP contribution is -2.51. The summed E-state index contributed by atoms with van der Waals surface area (Å²) >= 11 is 0. The lowest BCUT2D eigenvalue weighted by Gasteiger charge is -2.30. The number of hydrogen-bond acceptors (Lipinski definition) is 4. The largest absolute Gasteiger partial charge is 0.493 e. The SMILES string of the molecule is N#CC1C=NC(O)=CC1(O)C(F)(F)F. The average molecular weight is 206 g/mol. The van der Waals surface area contributed by atoms with Gasteiger partial charge in [0.25, 0.3) is 0 Å². The minimum Gasteiger partial charge on any atom is -0.493 e. The molecule has 0 saturated carbocycles. The van der Waals surface area contributed by atoms with E-state index in [1.54, 1.807) is 0 Å². The standard InChI is InChI=1S/C7H5F3N2O2/c8-7(9,10)6(14)1-5(13)12-3-4(6)2-11/h1,3-4,13-14H. The summed E-state index contributed by atoms with van der Waals surface area (Å²) in [5.41, 5.74) is -3.37. The van der Waals surface area contributed by atoms with Crippen LogP contribution in [-0.4, -0.2) is 28.2 Å². The predicted molar refractivity (Wildman–Crippen MR) is 39.3 cm³/mol. The molecule has 0 radical (unpaired) electrons. The Morgan fingerprint density at radius 1 is 1.57 bits per heavy atom. The minimum absolute atomic E-state index is 0.112. The van der Waals surface area contributed by atoms with Gasteiger partial charge in [0.1, 0.15) is 5.92 Å². The Balaban J connectivity index is 3.19. The van der Waals surface area contributed by atoms with Gasteiger partial charge in [0.05, 0.1) is 6.07 Å². The second-order valence-corrected chi connectivity index (χ2v) is 2.71. The fraction of sp³-hybridized carbons (Fsp3) is 0.429. The smallest absolute Gasteiger partial charge is 0.422 e. The number of nitrogens with zero attached hydrogens (tertiary/aromatic N) is 2. The van der Waals surface area contributed by atoms with E-state index in [9.17, 15) is 13.2 Å². The van der Waals surface area contributed by atoms with Crippen molar-refractivity contribution in [2.75, 3.05) is 0 Å². The molecular weight excluding hydrogens is 201 g/mol. The van der Waals surface area contributed by atoms with Crippen LogP contribution in [0.25, 0.3) is 0 Å². The Morgan fingerprint density at radius 2 is 2.14 bits per heavy atom. The molecule has 0 aromatic carbocycles. The first kappa shape index (κ1) is 10.5. The highest BCUT2D eigenvalue weighted by Crippen LogP contribution is 2.39. The normalized spacial score (nSPS) is 32.2. The molecule has 0 aromatic heterocycles. The van der Waals surface area contributed by atoms with E-state index in [2.05, 4.69) is 4.99 Å². The Bertz CT molecular complexity index is 342. The van der Waals surface area contributed by atoms with Gasteiger partial charge in [-0.15, -0.1) is 0 Å². The van der Waals surface area contributed by atoms with E-state index in [1.807, 2.05) is 0 Å². The summed E-state index contributed by atoms with van der Waals surface area (Å²) in [7, 11) is 0. The molecule has 76 valence electrons. The lowest BCUT2D eigenvalue weighted by molar-refractivity contribution is -0.246. The first-order valence-electron chi connectivity index (χ1n) is 3.46. The van der Waals surface area contributed by atoms with Crippen LogP contribution >= 0.6 is 0 Å². The first-order chi connectivity index (χ1) is 6.31. The Labute approximate surface area is 76.6 Å². The zero-order valence-electron chi connectivity index (χ0n) is 6.65. The molecule has 2 atom stereocenters. The van der Waals surface area contributed by atoms with Crippen LogP contribution in [0.15, 0.2) is 17.0 Å². The maximum Gasteiger partial charge on any atom is 0.422 e. The van der Waals surface area contributed by atoms with Crippen molar-refractivity contribution in [3.05, 3.63) is 12.0 Å². The molecule has 1 aliphatic heterocycles. The van der Waals surface area contributed by atoms with Crippen molar-refractivity contribution in [2.24, 2.45) is 10.9 Å². The highest BCUT2D eigenvalue weighted by atomic mass is 19.4. The predicted octanol–water partition coefficient (Wildman–Crippen LogP) is 0.903. The lowest BCUT2D eigenvalue weighted by atomic mass is 9.87. The van der Waals surface area contributed by atoms with Crippen LogP contribution in [0.4, 0.5) is 13.2 Å². The molecule has 1 rings (SSSR count).